The van der Waals surface area contributed by atoms with Crippen LogP contribution in [-0.2, 0) is 4.74 Å². The molecule has 6 nitrogen and oxygen atoms in total. The fourth-order valence-electron chi connectivity index (χ4n) is 1.63. The first-order chi connectivity index (χ1) is 9.56. The summed E-state index contributed by atoms with van der Waals surface area (Å²) in [5.41, 5.74) is 6.57. The Labute approximate surface area is 129 Å². The van der Waals surface area contributed by atoms with Crippen molar-refractivity contribution in [2.24, 2.45) is 0 Å². The van der Waals surface area contributed by atoms with E-state index in [1.54, 1.807) is 0 Å². The summed E-state index contributed by atoms with van der Waals surface area (Å²) in [6.45, 7) is 0. The lowest BCUT2D eigenvalue weighted by Gasteiger charge is -2.10. The average molecular weight is 385 g/mol. The van der Waals surface area contributed by atoms with Gasteiger partial charge in [0.1, 0.15) is 0 Å². The Hall–Kier alpha value is -1.90. The van der Waals surface area contributed by atoms with Gasteiger partial charge in [0, 0.05) is 9.13 Å². The molecule has 0 bridgehead atoms. The maximum atomic E-state index is 11.7. The zero-order valence-electron chi connectivity index (χ0n) is 10.9. The second-order valence-electron chi connectivity index (χ2n) is 3.81. The highest BCUT2D eigenvalue weighted by molar-refractivity contribution is 14.1. The van der Waals surface area contributed by atoms with Crippen molar-refractivity contribution in [2.45, 2.75) is 0 Å². The van der Waals surface area contributed by atoms with Gasteiger partial charge < -0.3 is 15.2 Å². The number of carbonyl (C=O) groups excluding carboxylic acids is 1. The van der Waals surface area contributed by atoms with Crippen LogP contribution in [0.5, 0.6) is 5.75 Å². The van der Waals surface area contributed by atoms with Crippen LogP contribution in [0.3, 0.4) is 0 Å². The molecule has 0 spiro atoms. The third-order valence-electron chi connectivity index (χ3n) is 2.58. The van der Waals surface area contributed by atoms with Crippen LogP contribution in [0.15, 0.2) is 24.3 Å². The van der Waals surface area contributed by atoms with E-state index < -0.39 is 5.97 Å². The van der Waals surface area contributed by atoms with E-state index in [0.717, 1.165) is 9.13 Å². The van der Waals surface area contributed by atoms with E-state index in [0.29, 0.717) is 5.82 Å². The lowest BCUT2D eigenvalue weighted by Crippen LogP contribution is -2.11. The van der Waals surface area contributed by atoms with Crippen molar-refractivity contribution in [2.75, 3.05) is 20.0 Å². The lowest BCUT2D eigenvalue weighted by molar-refractivity contribution is 0.0590. The summed E-state index contributed by atoms with van der Waals surface area (Å²) < 4.78 is 10.8. The Morgan fingerprint density at radius 1 is 1.20 bits per heavy atom. The van der Waals surface area contributed by atoms with E-state index in [9.17, 15) is 4.79 Å². The van der Waals surface area contributed by atoms with Crippen molar-refractivity contribution in [3.63, 3.8) is 0 Å². The number of esters is 1. The van der Waals surface area contributed by atoms with Crippen molar-refractivity contribution in [3.8, 4) is 17.1 Å². The van der Waals surface area contributed by atoms with E-state index in [2.05, 4.69) is 37.3 Å². The fourth-order valence-corrected chi connectivity index (χ4v) is 1.99. The summed E-state index contributed by atoms with van der Waals surface area (Å²) in [4.78, 5) is 20.1. The highest BCUT2D eigenvalue weighted by Gasteiger charge is 2.20. The number of nitrogens with two attached hydrogens (primary N) is 1. The number of benzene rings is 1. The molecule has 20 heavy (non-hydrogen) atoms. The minimum absolute atomic E-state index is 0.0102. The molecule has 0 unspecified atom stereocenters. The molecule has 7 heteroatoms. The molecule has 0 aliphatic carbocycles. The SMILES string of the molecule is COC(=O)c1nc(-c2ccc(I)cc2)nc(N)c1OC. The highest BCUT2D eigenvalue weighted by Crippen LogP contribution is 2.27. The van der Waals surface area contributed by atoms with Gasteiger partial charge in [0.2, 0.25) is 0 Å². The molecule has 0 aliphatic heterocycles. The average Bonchev–Trinajstić information content (AvgIpc) is 2.46. The Bertz CT molecular complexity index is 644. The van der Waals surface area contributed by atoms with Gasteiger partial charge in [-0.2, -0.15) is 0 Å². The van der Waals surface area contributed by atoms with Crippen LogP contribution in [0.4, 0.5) is 5.82 Å². The third kappa shape index (κ3) is 2.82. The standard InChI is InChI=1S/C13H12IN3O3/c1-19-10-9(13(18)20-2)16-12(17-11(10)15)7-3-5-8(14)6-4-7/h3-6H,1-2H3,(H2,15,16,17). The number of aromatic nitrogens is 2. The van der Waals surface area contributed by atoms with E-state index in [1.165, 1.54) is 14.2 Å². The van der Waals surface area contributed by atoms with Gasteiger partial charge >= 0.3 is 5.97 Å². The minimum Gasteiger partial charge on any atom is -0.491 e. The predicted octanol–water partition coefficient (Wildman–Crippen LogP) is 2.13. The second kappa shape index (κ2) is 6.04. The Morgan fingerprint density at radius 2 is 1.85 bits per heavy atom. The number of nitrogen functional groups attached to an aromatic ring is 1. The quantitative estimate of drug-likeness (QED) is 0.644. The molecule has 2 N–H and O–H groups in total. The van der Waals surface area contributed by atoms with Gasteiger partial charge in [0.25, 0.3) is 0 Å². The first-order valence-electron chi connectivity index (χ1n) is 5.62. The van der Waals surface area contributed by atoms with E-state index in [-0.39, 0.29) is 17.3 Å². The van der Waals surface area contributed by atoms with Crippen LogP contribution in [0, 0.1) is 3.57 Å². The summed E-state index contributed by atoms with van der Waals surface area (Å²) in [6, 6.07) is 7.53. The van der Waals surface area contributed by atoms with Crippen LogP contribution in [0.25, 0.3) is 11.4 Å². The van der Waals surface area contributed by atoms with Gasteiger partial charge in [-0.15, -0.1) is 0 Å². The monoisotopic (exact) mass is 385 g/mol. The van der Waals surface area contributed by atoms with Gasteiger partial charge in [0.05, 0.1) is 14.2 Å². The summed E-state index contributed by atoms with van der Waals surface area (Å²) >= 11 is 2.20. The maximum Gasteiger partial charge on any atom is 0.360 e. The van der Waals surface area contributed by atoms with Gasteiger partial charge in [-0.25, -0.2) is 14.8 Å². The van der Waals surface area contributed by atoms with E-state index in [1.807, 2.05) is 24.3 Å². The molecule has 104 valence electrons. The van der Waals surface area contributed by atoms with Crippen LogP contribution in [0.2, 0.25) is 0 Å². The smallest absolute Gasteiger partial charge is 0.360 e. The Balaban J connectivity index is 2.58. The van der Waals surface area contributed by atoms with Crippen molar-refractivity contribution in [3.05, 3.63) is 33.5 Å². The van der Waals surface area contributed by atoms with Crippen molar-refractivity contribution in [1.29, 1.82) is 0 Å². The fraction of sp³-hybridized carbons (Fsp3) is 0.154. The van der Waals surface area contributed by atoms with Crippen LogP contribution in [0.1, 0.15) is 10.5 Å². The molecule has 0 aliphatic rings. The number of rotatable bonds is 3. The zero-order chi connectivity index (χ0) is 14.7. The van der Waals surface area contributed by atoms with E-state index >= 15 is 0 Å². The van der Waals surface area contributed by atoms with E-state index in [4.69, 9.17) is 10.5 Å². The molecule has 0 radical (unpaired) electrons. The second-order valence-corrected chi connectivity index (χ2v) is 5.06. The summed E-state index contributed by atoms with van der Waals surface area (Å²) in [5.74, 6) is -0.0645. The Morgan fingerprint density at radius 3 is 2.40 bits per heavy atom. The molecule has 2 rings (SSSR count). The van der Waals surface area contributed by atoms with Gasteiger partial charge in [-0.05, 0) is 34.7 Å². The minimum atomic E-state index is -0.622. The molecule has 0 amide bonds. The summed E-state index contributed by atoms with van der Waals surface area (Å²) in [5, 5.41) is 0. The number of nitrogens with zero attached hydrogens (tertiary/aromatic N) is 2. The first kappa shape index (κ1) is 14.5. The topological polar surface area (TPSA) is 87.3 Å². The van der Waals surface area contributed by atoms with Gasteiger partial charge in [-0.3, -0.25) is 0 Å². The summed E-state index contributed by atoms with van der Waals surface area (Å²) in [6.07, 6.45) is 0. The molecule has 1 aromatic heterocycles. The largest absolute Gasteiger partial charge is 0.491 e. The molecule has 1 aromatic carbocycles. The first-order valence-corrected chi connectivity index (χ1v) is 6.70. The number of halogens is 1. The predicted molar refractivity (Wildman–Crippen MR) is 82.5 cm³/mol. The normalized spacial score (nSPS) is 10.2. The number of methoxy groups -OCH3 is 2. The molecule has 1 heterocycles. The van der Waals surface area contributed by atoms with Crippen LogP contribution >= 0.6 is 22.6 Å². The molecule has 0 saturated carbocycles. The lowest BCUT2D eigenvalue weighted by atomic mass is 10.2. The number of anilines is 1. The van der Waals surface area contributed by atoms with Gasteiger partial charge in [0.15, 0.2) is 23.1 Å². The third-order valence-corrected chi connectivity index (χ3v) is 3.30. The molecule has 0 atom stereocenters. The summed E-state index contributed by atoms with van der Waals surface area (Å²) in [7, 11) is 2.66. The van der Waals surface area contributed by atoms with Crippen LogP contribution in [-0.4, -0.2) is 30.2 Å². The number of hydrogen-bond acceptors (Lipinski definition) is 6. The molecule has 0 saturated heterocycles. The zero-order valence-corrected chi connectivity index (χ0v) is 13.0. The van der Waals surface area contributed by atoms with Crippen molar-refractivity contribution in [1.82, 2.24) is 9.97 Å². The maximum absolute atomic E-state index is 11.7. The molecular formula is C13H12IN3O3. The highest BCUT2D eigenvalue weighted by atomic mass is 127. The number of ether oxygens (including phenoxy) is 2. The number of carbonyl (C=O) groups is 1. The Kier molecular flexibility index (Phi) is 4.38. The van der Waals surface area contributed by atoms with Gasteiger partial charge in [-0.1, -0.05) is 12.1 Å². The van der Waals surface area contributed by atoms with Crippen molar-refractivity contribution >= 4 is 34.4 Å². The molecular weight excluding hydrogens is 373 g/mol. The molecule has 0 fully saturated rings. The van der Waals surface area contributed by atoms with Crippen LogP contribution < -0.4 is 10.5 Å². The van der Waals surface area contributed by atoms with Crippen molar-refractivity contribution < 1.29 is 14.3 Å². The number of hydrogen-bond donors (Lipinski definition) is 1. The molecule has 2 aromatic rings.